The highest BCUT2D eigenvalue weighted by Crippen LogP contribution is 2.51. The zero-order valence-electron chi connectivity index (χ0n) is 23.3. The number of carbonyl (C=O) groups is 1. The molecule has 0 unspecified atom stereocenters. The Morgan fingerprint density at radius 1 is 1.05 bits per heavy atom. The van der Waals surface area contributed by atoms with Gasteiger partial charge in [0.05, 0.1) is 33.6 Å². The average Bonchev–Trinajstić information content (AvgIpc) is 3.63. The molecule has 2 aliphatic carbocycles. The molecule has 2 aromatic heterocycles. The fourth-order valence-corrected chi connectivity index (χ4v) is 8.40. The van der Waals surface area contributed by atoms with Crippen molar-refractivity contribution in [2.45, 2.75) is 57.0 Å². The van der Waals surface area contributed by atoms with Gasteiger partial charge < -0.3 is 4.90 Å². The van der Waals surface area contributed by atoms with Crippen LogP contribution in [0.1, 0.15) is 62.4 Å². The van der Waals surface area contributed by atoms with Gasteiger partial charge in [0.15, 0.2) is 9.84 Å². The molecule has 0 radical (unpaired) electrons. The zero-order valence-corrected chi connectivity index (χ0v) is 24.9. The van der Waals surface area contributed by atoms with Crippen molar-refractivity contribution in [1.29, 1.82) is 5.26 Å². The van der Waals surface area contributed by atoms with E-state index in [1.807, 2.05) is 29.2 Å². The van der Waals surface area contributed by atoms with Crippen LogP contribution in [-0.2, 0) is 20.8 Å². The average molecular weight is 630 g/mol. The molecule has 8 nitrogen and oxygen atoms in total. The molecule has 0 N–H and O–H groups in total. The first-order valence-electron chi connectivity index (χ1n) is 14.4. The summed E-state index contributed by atoms with van der Waals surface area (Å²) in [5.74, 6) is -1.39. The van der Waals surface area contributed by atoms with E-state index < -0.39 is 27.3 Å². The molecule has 0 spiro atoms. The van der Waals surface area contributed by atoms with Gasteiger partial charge in [0.1, 0.15) is 10.8 Å². The number of aromatic nitrogens is 3. The summed E-state index contributed by atoms with van der Waals surface area (Å²) in [5, 5.41) is 10.1. The van der Waals surface area contributed by atoms with Crippen molar-refractivity contribution in [1.82, 2.24) is 15.0 Å². The number of nitriles is 1. The van der Waals surface area contributed by atoms with E-state index in [0.717, 1.165) is 66.3 Å². The number of halogens is 3. The lowest BCUT2D eigenvalue weighted by atomic mass is 9.73. The van der Waals surface area contributed by atoms with Gasteiger partial charge in [-0.05, 0) is 43.4 Å². The van der Waals surface area contributed by atoms with E-state index in [0.29, 0.717) is 30.1 Å². The fourth-order valence-electron chi connectivity index (χ4n) is 6.08. The van der Waals surface area contributed by atoms with Gasteiger partial charge in [-0.15, -0.1) is 11.3 Å². The summed E-state index contributed by atoms with van der Waals surface area (Å²) < 4.78 is 63.1. The molecule has 2 saturated carbocycles. The number of nitrogens with zero attached hydrogens (tertiary/aromatic N) is 5. The van der Waals surface area contributed by atoms with E-state index >= 15 is 0 Å². The minimum absolute atomic E-state index is 0.0810. The second-order valence-electron chi connectivity index (χ2n) is 11.7. The second kappa shape index (κ2) is 11.3. The van der Waals surface area contributed by atoms with Crippen LogP contribution in [0.3, 0.4) is 0 Å². The third-order valence-corrected chi connectivity index (χ3v) is 11.6. The van der Waals surface area contributed by atoms with Gasteiger partial charge in [0, 0.05) is 55.0 Å². The molecule has 2 atom stereocenters. The number of sulfone groups is 1. The van der Waals surface area contributed by atoms with Crippen LogP contribution in [0.5, 0.6) is 0 Å². The predicted molar refractivity (Wildman–Crippen MR) is 156 cm³/mol. The Morgan fingerprint density at radius 3 is 2.30 bits per heavy atom. The molecule has 226 valence electrons. The van der Waals surface area contributed by atoms with Crippen molar-refractivity contribution in [2.24, 2.45) is 11.3 Å². The summed E-state index contributed by atoms with van der Waals surface area (Å²) in [5.41, 5.74) is 2.30. The molecule has 0 bridgehead atoms. The van der Waals surface area contributed by atoms with E-state index in [1.165, 1.54) is 11.3 Å². The third-order valence-electron chi connectivity index (χ3n) is 8.78. The lowest BCUT2D eigenvalue weighted by Crippen LogP contribution is -2.40. The SMILES string of the molecule is N#CC1(CC(=O)[C@@H]2CCCC[C@H]2c2nc(-c3cnc(C(F)(F)F)nc3)sc2-c2ccc(N3CCS(=O)(=O)CC3)cc2)CC1. The summed E-state index contributed by atoms with van der Waals surface area (Å²) in [7, 11) is -3.02. The number of alkyl halides is 3. The van der Waals surface area contributed by atoms with Crippen LogP contribution in [0.2, 0.25) is 0 Å². The number of benzene rings is 1. The summed E-state index contributed by atoms with van der Waals surface area (Å²) in [4.78, 5) is 28.4. The van der Waals surface area contributed by atoms with E-state index in [2.05, 4.69) is 16.0 Å². The molecule has 1 saturated heterocycles. The van der Waals surface area contributed by atoms with Crippen LogP contribution < -0.4 is 4.90 Å². The molecule has 3 fully saturated rings. The minimum Gasteiger partial charge on any atom is -0.369 e. The highest BCUT2D eigenvalue weighted by molar-refractivity contribution is 7.91. The molecule has 1 aromatic carbocycles. The monoisotopic (exact) mass is 629 g/mol. The first-order chi connectivity index (χ1) is 20.5. The highest BCUT2D eigenvalue weighted by Gasteiger charge is 2.47. The van der Waals surface area contributed by atoms with E-state index in [1.54, 1.807) is 0 Å². The molecule has 3 aromatic rings. The van der Waals surface area contributed by atoms with Crippen molar-refractivity contribution in [2.75, 3.05) is 29.5 Å². The minimum atomic E-state index is -4.66. The topological polar surface area (TPSA) is 117 Å². The largest absolute Gasteiger partial charge is 0.451 e. The molecular formula is C30H30F3N5O3S2. The van der Waals surface area contributed by atoms with Crippen molar-refractivity contribution in [3.05, 3.63) is 48.2 Å². The lowest BCUT2D eigenvalue weighted by Gasteiger charge is -2.31. The van der Waals surface area contributed by atoms with Crippen LogP contribution >= 0.6 is 11.3 Å². The lowest BCUT2D eigenvalue weighted by molar-refractivity contribution is -0.145. The molecule has 0 amide bonds. The van der Waals surface area contributed by atoms with Crippen molar-refractivity contribution in [3.8, 4) is 27.1 Å². The number of anilines is 1. The van der Waals surface area contributed by atoms with Crippen molar-refractivity contribution in [3.63, 3.8) is 0 Å². The Labute approximate surface area is 251 Å². The molecule has 3 aliphatic rings. The number of hydrogen-bond acceptors (Lipinski definition) is 9. The molecule has 13 heteroatoms. The Bertz CT molecular complexity index is 1650. The fraction of sp³-hybridized carbons (Fsp3) is 0.500. The Morgan fingerprint density at radius 2 is 1.70 bits per heavy atom. The standard InChI is InChI=1S/C30H30F3N5O3S2/c31-30(32,33)28-35-16-20(17-36-28)27-37-25(23-4-2-1-3-22(23)24(39)15-29(18-34)9-10-29)26(42-27)19-5-7-21(8-6-19)38-11-13-43(40,41)14-12-38/h5-8,16-17,22-23H,1-4,9-15H2/t22-,23-/m1/s1. The smallest absolute Gasteiger partial charge is 0.369 e. The molecule has 1 aliphatic heterocycles. The van der Waals surface area contributed by atoms with Gasteiger partial charge in [0.2, 0.25) is 5.82 Å². The number of hydrogen-bond donors (Lipinski definition) is 0. The van der Waals surface area contributed by atoms with Crippen LogP contribution in [0.4, 0.5) is 18.9 Å². The Balaban J connectivity index is 1.35. The van der Waals surface area contributed by atoms with Gasteiger partial charge in [-0.2, -0.15) is 18.4 Å². The van der Waals surface area contributed by atoms with Gasteiger partial charge >= 0.3 is 6.18 Å². The maximum atomic E-state index is 13.6. The second-order valence-corrected chi connectivity index (χ2v) is 15.0. The van der Waals surface area contributed by atoms with E-state index in [4.69, 9.17) is 4.98 Å². The van der Waals surface area contributed by atoms with Crippen molar-refractivity contribution < 1.29 is 26.4 Å². The van der Waals surface area contributed by atoms with Crippen molar-refractivity contribution >= 4 is 32.6 Å². The maximum Gasteiger partial charge on any atom is 0.451 e. The number of ketones is 1. The highest BCUT2D eigenvalue weighted by atomic mass is 32.2. The maximum absolute atomic E-state index is 13.6. The summed E-state index contributed by atoms with van der Waals surface area (Å²) in [6, 6.07) is 10.1. The molecule has 6 rings (SSSR count). The summed E-state index contributed by atoms with van der Waals surface area (Å²) in [6.45, 7) is 0.837. The predicted octanol–water partition coefficient (Wildman–Crippen LogP) is 6.06. The van der Waals surface area contributed by atoms with Gasteiger partial charge in [0.25, 0.3) is 0 Å². The summed E-state index contributed by atoms with van der Waals surface area (Å²) >= 11 is 1.33. The van der Waals surface area contributed by atoms with Crippen LogP contribution in [-0.4, -0.2) is 53.7 Å². The van der Waals surface area contributed by atoms with Crippen LogP contribution in [0.25, 0.3) is 21.0 Å². The molecule has 43 heavy (non-hydrogen) atoms. The summed E-state index contributed by atoms with van der Waals surface area (Å²) in [6.07, 6.45) is 2.60. The number of rotatable bonds is 7. The normalized spacial score (nSPS) is 23.0. The number of carbonyl (C=O) groups excluding carboxylic acids is 1. The quantitative estimate of drug-likeness (QED) is 0.310. The van der Waals surface area contributed by atoms with Gasteiger partial charge in [-0.25, -0.2) is 23.4 Å². The van der Waals surface area contributed by atoms with E-state index in [9.17, 15) is 31.6 Å². The van der Waals surface area contributed by atoms with Gasteiger partial charge in [-0.3, -0.25) is 4.79 Å². The number of thiazole rings is 1. The first-order valence-corrected chi connectivity index (χ1v) is 17.0. The van der Waals surface area contributed by atoms with E-state index in [-0.39, 0.29) is 35.5 Å². The Hall–Kier alpha value is -3.37. The number of Topliss-reactive ketones (excluding diaryl/α,β-unsaturated/α-hetero) is 1. The van der Waals surface area contributed by atoms with Crippen LogP contribution in [0.15, 0.2) is 36.7 Å². The third kappa shape index (κ3) is 6.31. The van der Waals surface area contributed by atoms with Crippen LogP contribution in [0, 0.1) is 22.7 Å². The first kappa shape index (κ1) is 29.7. The Kier molecular flexibility index (Phi) is 7.79. The van der Waals surface area contributed by atoms with Gasteiger partial charge in [-0.1, -0.05) is 25.0 Å². The zero-order chi connectivity index (χ0) is 30.4. The molecular weight excluding hydrogens is 599 g/mol. The molecule has 3 heterocycles.